The van der Waals surface area contributed by atoms with Crippen LogP contribution in [0.2, 0.25) is 0 Å². The molecule has 282 valence electrons. The van der Waals surface area contributed by atoms with E-state index in [0.29, 0.717) is 54.7 Å². The predicted molar refractivity (Wildman–Crippen MR) is 341 cm³/mol. The summed E-state index contributed by atoms with van der Waals surface area (Å²) in [5.41, 5.74) is 3.44. The van der Waals surface area contributed by atoms with E-state index < -0.39 is 0 Å². The highest BCUT2D eigenvalue weighted by Crippen LogP contribution is 2.36. The summed E-state index contributed by atoms with van der Waals surface area (Å²) in [6, 6.07) is 14.5. The fraction of sp³-hybridized carbons (Fsp3) is 0. The fourth-order valence-electron chi connectivity index (χ4n) is 10.3. The maximum atomic E-state index is 7.15. The fourth-order valence-corrected chi connectivity index (χ4v) is 10.3. The highest BCUT2D eigenvalue weighted by Gasteiger charge is 2.28. The molecule has 0 saturated carbocycles. The van der Waals surface area contributed by atoms with E-state index in [1.165, 1.54) is 0 Å². The van der Waals surface area contributed by atoms with Crippen LogP contribution in [0.1, 0.15) is 0 Å². The van der Waals surface area contributed by atoms with E-state index in [1.54, 1.807) is 33.4 Å². The standard InChI is InChI=1S/C48H8B24N2/c49-14-3-1-2-11-12-7-10(8-15(50)45(12)74(44(11)14)48-30(59)21(28(57)37(66)43(48)72)19-25(54)34(63)39(68)35(64)26(19)55)9-4-5-16-13(6-9)17-22(51)31(60)40(69)41(70)46(17)73(16)47-29(58)20(27(56)36(65)42(47)71)18-23(52)32(61)38(67)33(62)24(18)53/h1-8H. The average molecular weight is 872 g/mol. The van der Waals surface area contributed by atoms with Crippen molar-refractivity contribution in [3.63, 3.8) is 0 Å². The molecule has 0 amide bonds. The average Bonchev–Trinajstić information content (AvgIpc) is 3.90. The van der Waals surface area contributed by atoms with Gasteiger partial charge in [0.2, 0.25) is 0 Å². The smallest absolute Gasteiger partial charge is 0.117 e. The van der Waals surface area contributed by atoms with Gasteiger partial charge in [0.15, 0.2) is 0 Å². The minimum atomic E-state index is -0.0866. The molecule has 10 rings (SSSR count). The molecule has 0 atom stereocenters. The van der Waals surface area contributed by atoms with E-state index in [-0.39, 0.29) is 165 Å². The Morgan fingerprint density at radius 2 is 0.622 bits per heavy atom. The Morgan fingerprint density at radius 3 is 1.11 bits per heavy atom. The van der Waals surface area contributed by atoms with Gasteiger partial charge in [0.05, 0.1) is 5.52 Å². The quantitative estimate of drug-likeness (QED) is 0.153. The Bertz CT molecular complexity index is 4190. The van der Waals surface area contributed by atoms with Gasteiger partial charge in [-0.3, -0.25) is 0 Å². The molecular formula is C48H8B24N2. The van der Waals surface area contributed by atoms with Crippen molar-refractivity contribution >= 4 is 363 Å². The second-order valence-corrected chi connectivity index (χ2v) is 18.1. The monoisotopic (exact) mass is 876 g/mol. The van der Waals surface area contributed by atoms with E-state index in [1.807, 2.05) is 24.3 Å². The summed E-state index contributed by atoms with van der Waals surface area (Å²) in [5, 5.41) is 2.17. The van der Waals surface area contributed by atoms with Crippen LogP contribution < -0.4 is 131 Å². The molecule has 8 aromatic carbocycles. The highest BCUT2D eigenvalue weighted by atomic mass is 15.0. The van der Waals surface area contributed by atoms with E-state index in [2.05, 4.69) is 0 Å². The van der Waals surface area contributed by atoms with Crippen molar-refractivity contribution in [2.75, 3.05) is 0 Å². The van der Waals surface area contributed by atoms with Crippen LogP contribution >= 0.6 is 0 Å². The van der Waals surface area contributed by atoms with Crippen LogP contribution in [-0.2, 0) is 0 Å². The van der Waals surface area contributed by atoms with Crippen LogP contribution in [0, 0.1) is 0 Å². The van der Waals surface area contributed by atoms with Crippen molar-refractivity contribution in [2.24, 2.45) is 0 Å². The number of rotatable bonds is 5. The third kappa shape index (κ3) is 7.13. The van der Waals surface area contributed by atoms with Crippen LogP contribution in [0.4, 0.5) is 0 Å². The number of hydrogen-bond donors (Lipinski definition) is 0. The molecule has 0 spiro atoms. The molecule has 2 heterocycles. The number of nitrogens with zero attached hydrogens (tertiary/aromatic N) is 2. The van der Waals surface area contributed by atoms with Gasteiger partial charge in [-0.1, -0.05) is 107 Å². The Labute approximate surface area is 462 Å². The SMILES string of the molecule is [B]c1c([B])c([B])c(-c2c([B])c([B])c([B])c(-n3c4ccc(-c5cc([B])c6c(c5)c5cccc([B])c5n6-c5c([B])c([B])c([B])c(-c6c([B])c([B])c([B])c([B])c6[B])c5[B])cc4c4c([B])c([B])c([B])c([B])c43)c2[B])c([B])c1[B]. The lowest BCUT2D eigenvalue weighted by atomic mass is 9.56. The number of fused-ring (bicyclic) bond motifs is 6. The number of aromatic nitrogens is 2. The van der Waals surface area contributed by atoms with Crippen molar-refractivity contribution in [1.29, 1.82) is 0 Å². The normalized spacial score (nSPS) is 11.7. The van der Waals surface area contributed by atoms with Crippen molar-refractivity contribution in [2.45, 2.75) is 0 Å². The molecule has 0 fully saturated rings. The molecule has 26 heteroatoms. The lowest BCUT2D eigenvalue weighted by Crippen LogP contribution is -2.57. The first kappa shape index (κ1) is 52.4. The van der Waals surface area contributed by atoms with Crippen LogP contribution in [0.3, 0.4) is 0 Å². The van der Waals surface area contributed by atoms with E-state index in [9.17, 15) is 0 Å². The highest BCUT2D eigenvalue weighted by molar-refractivity contribution is 6.73. The van der Waals surface area contributed by atoms with Crippen molar-refractivity contribution in [3.05, 3.63) is 48.5 Å². The largest absolute Gasteiger partial charge is 0.312 e. The van der Waals surface area contributed by atoms with Crippen LogP contribution in [0.25, 0.3) is 88.4 Å². The molecular weight excluding hydrogens is 864 g/mol. The van der Waals surface area contributed by atoms with Crippen molar-refractivity contribution in [1.82, 2.24) is 9.13 Å². The molecule has 0 aliphatic rings. The zero-order valence-electron chi connectivity index (χ0n) is 39.4. The minimum Gasteiger partial charge on any atom is -0.312 e. The second kappa shape index (κ2) is 18.3. The summed E-state index contributed by atoms with van der Waals surface area (Å²) < 4.78 is 3.36. The van der Waals surface area contributed by atoms with Gasteiger partial charge in [0.1, 0.15) is 188 Å². The zero-order valence-corrected chi connectivity index (χ0v) is 39.4. The lowest BCUT2D eigenvalue weighted by Gasteiger charge is -2.29. The van der Waals surface area contributed by atoms with Gasteiger partial charge < -0.3 is 9.13 Å². The maximum Gasteiger partial charge on any atom is 0.117 e. The third-order valence-corrected chi connectivity index (χ3v) is 14.2. The molecule has 0 bridgehead atoms. The van der Waals surface area contributed by atoms with Gasteiger partial charge in [-0.25, -0.2) is 0 Å². The van der Waals surface area contributed by atoms with Gasteiger partial charge >= 0.3 is 0 Å². The Morgan fingerprint density at radius 1 is 0.243 bits per heavy atom. The zero-order chi connectivity index (χ0) is 53.9. The Hall–Kier alpha value is -5.08. The lowest BCUT2D eigenvalue weighted by molar-refractivity contribution is 1.21. The molecule has 2 nitrogen and oxygen atoms in total. The third-order valence-electron chi connectivity index (χ3n) is 14.2. The van der Waals surface area contributed by atoms with Gasteiger partial charge in [0, 0.05) is 44.1 Å². The van der Waals surface area contributed by atoms with Gasteiger partial charge in [0.25, 0.3) is 0 Å². The molecule has 2 aromatic heterocycles. The van der Waals surface area contributed by atoms with Gasteiger partial charge in [-0.2, -0.15) is 0 Å². The number of benzene rings is 8. The number of hydrogen-bond acceptors (Lipinski definition) is 0. The molecule has 0 N–H and O–H groups in total. The van der Waals surface area contributed by atoms with E-state index >= 15 is 0 Å². The molecule has 0 saturated heterocycles. The molecule has 74 heavy (non-hydrogen) atoms. The summed E-state index contributed by atoms with van der Waals surface area (Å²) in [7, 11) is 159. The topological polar surface area (TPSA) is 9.86 Å². The van der Waals surface area contributed by atoms with Crippen LogP contribution in [-0.4, -0.2) is 197 Å². The predicted octanol–water partition coefficient (Wildman–Crippen LogP) is -16.1. The summed E-state index contributed by atoms with van der Waals surface area (Å²) in [4.78, 5) is 0. The molecule has 10 aromatic rings. The molecule has 48 radical (unpaired) electrons. The van der Waals surface area contributed by atoms with Gasteiger partial charge in [-0.15, -0.1) is 54.6 Å². The summed E-state index contributed by atoms with van der Waals surface area (Å²) in [5.74, 6) is 0. The van der Waals surface area contributed by atoms with Gasteiger partial charge in [-0.05, 0) is 57.0 Å². The maximum absolute atomic E-state index is 7.15. The molecule has 0 aliphatic heterocycles. The summed E-state index contributed by atoms with van der Waals surface area (Å²) in [6.45, 7) is 0. The minimum absolute atomic E-state index is 0.00793. The van der Waals surface area contributed by atoms with Crippen molar-refractivity contribution < 1.29 is 0 Å². The van der Waals surface area contributed by atoms with Crippen LogP contribution in [0.15, 0.2) is 48.5 Å². The molecule has 0 aliphatic carbocycles. The second-order valence-electron chi connectivity index (χ2n) is 18.1. The number of para-hydroxylation sites is 1. The van der Waals surface area contributed by atoms with Crippen LogP contribution in [0.5, 0.6) is 0 Å². The Balaban J connectivity index is 1.27. The first-order valence-corrected chi connectivity index (χ1v) is 22.2. The molecule has 0 unspecified atom stereocenters. The van der Waals surface area contributed by atoms with E-state index in [0.717, 1.165) is 0 Å². The Kier molecular flexibility index (Phi) is 12.9. The summed E-state index contributed by atoms with van der Waals surface area (Å²) in [6.07, 6.45) is 0. The first-order valence-electron chi connectivity index (χ1n) is 22.2. The first-order chi connectivity index (χ1) is 34.8. The summed E-state index contributed by atoms with van der Waals surface area (Å²) >= 11 is 0. The van der Waals surface area contributed by atoms with Crippen molar-refractivity contribution in [3.8, 4) is 44.8 Å². The van der Waals surface area contributed by atoms with E-state index in [4.69, 9.17) is 188 Å².